The van der Waals surface area contributed by atoms with Crippen molar-refractivity contribution in [2.24, 2.45) is 0 Å². The van der Waals surface area contributed by atoms with Crippen molar-refractivity contribution in [3.63, 3.8) is 0 Å². The first-order chi connectivity index (χ1) is 12.3. The average Bonchev–Trinajstić information content (AvgIpc) is 2.59. The first-order valence-electron chi connectivity index (χ1n) is 6.44. The average molecular weight is 390 g/mol. The summed E-state index contributed by atoms with van der Waals surface area (Å²) in [7, 11) is 1.58. The third kappa shape index (κ3) is 3.77. The van der Waals surface area contributed by atoms with E-state index >= 15 is 0 Å². The van der Waals surface area contributed by atoms with Gasteiger partial charge in [0.1, 0.15) is 33.3 Å². The quantitative estimate of drug-likeness (QED) is 0.536. The minimum absolute atomic E-state index is 0.0135. The Labute approximate surface area is 151 Å². The summed E-state index contributed by atoms with van der Waals surface area (Å²) in [5.41, 5.74) is -3.30. The van der Waals surface area contributed by atoms with Gasteiger partial charge in [0, 0.05) is 0 Å². The molecule has 130 valence electrons. The van der Waals surface area contributed by atoms with Crippen molar-refractivity contribution in [2.75, 3.05) is 0 Å². The predicted molar refractivity (Wildman–Crippen MR) is 89.2 cm³/mol. The second-order valence-corrected chi connectivity index (χ2v) is 6.66. The van der Waals surface area contributed by atoms with Gasteiger partial charge in [-0.15, -0.1) is 0 Å². The van der Waals surface area contributed by atoms with Crippen molar-refractivity contribution < 1.29 is 19.8 Å². The molecule has 0 fully saturated rings. The molecule has 0 unspecified atom stereocenters. The van der Waals surface area contributed by atoms with Gasteiger partial charge in [-0.3, -0.25) is 9.59 Å². The molecule has 12 heteroatoms. The largest absolute Gasteiger partial charge is 0.477 e. The van der Waals surface area contributed by atoms with E-state index in [1.165, 1.54) is 0 Å². The van der Waals surface area contributed by atoms with Gasteiger partial charge in [-0.2, -0.15) is 10.5 Å². The Morgan fingerprint density at radius 1 is 0.846 bits per heavy atom. The van der Waals surface area contributed by atoms with E-state index in [2.05, 4.69) is 9.97 Å². The van der Waals surface area contributed by atoms with Crippen LogP contribution < -0.4 is 11.1 Å². The van der Waals surface area contributed by atoms with Gasteiger partial charge < -0.3 is 20.2 Å². The fourth-order valence-corrected chi connectivity index (χ4v) is 3.84. The highest BCUT2D eigenvalue weighted by atomic mass is 33.1. The summed E-state index contributed by atoms with van der Waals surface area (Å²) >= 11 is 0. The van der Waals surface area contributed by atoms with E-state index in [0.29, 0.717) is 0 Å². The molecular formula is C14H6N4O6S2. The topological polar surface area (TPSA) is 188 Å². The number of aromatic carboxylic acids is 2. The van der Waals surface area contributed by atoms with Crippen molar-refractivity contribution in [3.8, 4) is 12.1 Å². The molecule has 0 aromatic carbocycles. The zero-order valence-electron chi connectivity index (χ0n) is 12.4. The maximum absolute atomic E-state index is 11.7. The van der Waals surface area contributed by atoms with Crippen LogP contribution in [0.25, 0.3) is 0 Å². The number of hydrogen-bond acceptors (Lipinski definition) is 8. The molecule has 0 aliphatic heterocycles. The molecule has 0 aliphatic carbocycles. The number of rotatable bonds is 5. The zero-order valence-corrected chi connectivity index (χ0v) is 14.0. The SMILES string of the molecule is N#Cc1cc(C(=O)O)c(=O)[nH]c1SSc1[nH]c(=O)c(C(=O)O)cc1C#N. The zero-order chi connectivity index (χ0) is 19.4. The van der Waals surface area contributed by atoms with Gasteiger partial charge in [0.2, 0.25) is 0 Å². The molecule has 26 heavy (non-hydrogen) atoms. The number of nitriles is 2. The molecular weight excluding hydrogens is 384 g/mol. The Kier molecular flexibility index (Phi) is 5.51. The Hall–Kier alpha value is -3.48. The van der Waals surface area contributed by atoms with E-state index < -0.39 is 34.2 Å². The first kappa shape index (κ1) is 18.9. The summed E-state index contributed by atoms with van der Waals surface area (Å²) in [5.74, 6) is -2.99. The van der Waals surface area contributed by atoms with E-state index in [9.17, 15) is 19.2 Å². The summed E-state index contributed by atoms with van der Waals surface area (Å²) in [5, 5.41) is 36.0. The fraction of sp³-hybridized carbons (Fsp3) is 0. The third-order valence-electron chi connectivity index (χ3n) is 2.92. The molecule has 0 aliphatic rings. The molecule has 4 N–H and O–H groups in total. The van der Waals surface area contributed by atoms with Crippen LogP contribution in [0.3, 0.4) is 0 Å². The lowest BCUT2D eigenvalue weighted by Gasteiger charge is -2.06. The van der Waals surface area contributed by atoms with Crippen molar-refractivity contribution in [2.45, 2.75) is 10.1 Å². The lowest BCUT2D eigenvalue weighted by atomic mass is 10.2. The van der Waals surface area contributed by atoms with Crippen LogP contribution in [0.5, 0.6) is 0 Å². The molecule has 0 spiro atoms. The number of hydrogen-bond donors (Lipinski definition) is 4. The van der Waals surface area contributed by atoms with Crippen LogP contribution in [0.1, 0.15) is 31.8 Å². The van der Waals surface area contributed by atoms with Gasteiger partial charge in [-0.05, 0) is 33.7 Å². The highest BCUT2D eigenvalue weighted by Crippen LogP contribution is 2.37. The molecule has 10 nitrogen and oxygen atoms in total. The second-order valence-electron chi connectivity index (χ2n) is 4.51. The number of carbonyl (C=O) groups is 2. The van der Waals surface area contributed by atoms with Crippen molar-refractivity contribution in [3.05, 3.63) is 55.1 Å². The number of nitrogens with one attached hydrogen (secondary N) is 2. The number of pyridine rings is 2. The monoisotopic (exact) mass is 390 g/mol. The Morgan fingerprint density at radius 3 is 1.46 bits per heavy atom. The van der Waals surface area contributed by atoms with Gasteiger partial charge in [0.05, 0.1) is 11.1 Å². The Balaban J connectivity index is 2.41. The molecule has 0 saturated carbocycles. The molecule has 0 bridgehead atoms. The van der Waals surface area contributed by atoms with Gasteiger partial charge in [0.15, 0.2) is 0 Å². The van der Waals surface area contributed by atoms with E-state index in [1.54, 1.807) is 12.1 Å². The van der Waals surface area contributed by atoms with E-state index in [4.69, 9.17) is 20.7 Å². The van der Waals surface area contributed by atoms with E-state index in [1.807, 2.05) is 0 Å². The molecule has 2 aromatic rings. The predicted octanol–water partition coefficient (Wildman–Crippen LogP) is 1.00. The summed E-state index contributed by atoms with van der Waals surface area (Å²) < 4.78 is 0. The van der Waals surface area contributed by atoms with Crippen LogP contribution >= 0.6 is 21.6 Å². The van der Waals surface area contributed by atoms with Crippen molar-refractivity contribution in [1.82, 2.24) is 9.97 Å². The summed E-state index contributed by atoms with van der Waals surface area (Å²) in [6.07, 6.45) is 0. The minimum Gasteiger partial charge on any atom is -0.477 e. The van der Waals surface area contributed by atoms with Gasteiger partial charge >= 0.3 is 11.9 Å². The van der Waals surface area contributed by atoms with Crippen LogP contribution in [0.4, 0.5) is 0 Å². The van der Waals surface area contributed by atoms with Gasteiger partial charge in [-0.25, -0.2) is 9.59 Å². The molecule has 0 atom stereocenters. The van der Waals surface area contributed by atoms with E-state index in [-0.39, 0.29) is 21.2 Å². The minimum atomic E-state index is -1.49. The number of carboxylic acid groups (broad SMARTS) is 2. The fourth-order valence-electron chi connectivity index (χ4n) is 1.73. The normalized spacial score (nSPS) is 9.92. The van der Waals surface area contributed by atoms with Crippen molar-refractivity contribution in [1.29, 1.82) is 10.5 Å². The molecule has 0 radical (unpaired) electrons. The van der Waals surface area contributed by atoms with Crippen LogP contribution in [0.2, 0.25) is 0 Å². The van der Waals surface area contributed by atoms with E-state index in [0.717, 1.165) is 33.7 Å². The third-order valence-corrected chi connectivity index (χ3v) is 5.23. The standard InChI is InChI=1S/C14H6N4O6S2/c15-3-5-1-7(13(21)22)9(19)17-11(5)25-26-12-6(4-16)2-8(14(23)24)10(20)18-12/h1-2H,(H,17,19)(H,18,20)(H,21,22)(H,23,24). The number of aromatic amines is 2. The van der Waals surface area contributed by atoms with Crippen LogP contribution in [0, 0.1) is 22.7 Å². The number of carboxylic acids is 2. The summed E-state index contributed by atoms with van der Waals surface area (Å²) in [6.45, 7) is 0. The molecule has 2 rings (SSSR count). The molecule has 2 aromatic heterocycles. The first-order valence-corrected chi connectivity index (χ1v) is 8.59. The Bertz CT molecular complexity index is 1030. The highest BCUT2D eigenvalue weighted by Gasteiger charge is 2.17. The maximum Gasteiger partial charge on any atom is 0.341 e. The summed E-state index contributed by atoms with van der Waals surface area (Å²) in [4.78, 5) is 49.8. The lowest BCUT2D eigenvalue weighted by Crippen LogP contribution is -2.19. The van der Waals surface area contributed by atoms with Crippen LogP contribution in [0.15, 0.2) is 31.8 Å². The van der Waals surface area contributed by atoms with Crippen LogP contribution in [-0.2, 0) is 0 Å². The number of aromatic nitrogens is 2. The summed E-state index contributed by atoms with van der Waals surface area (Å²) in [6, 6.07) is 5.29. The highest BCUT2D eigenvalue weighted by molar-refractivity contribution is 8.76. The van der Waals surface area contributed by atoms with Gasteiger partial charge in [-0.1, -0.05) is 0 Å². The van der Waals surface area contributed by atoms with Crippen LogP contribution in [-0.4, -0.2) is 32.1 Å². The maximum atomic E-state index is 11.7. The second kappa shape index (κ2) is 7.60. The van der Waals surface area contributed by atoms with Crippen molar-refractivity contribution >= 4 is 33.5 Å². The number of H-pyrrole nitrogens is 2. The smallest absolute Gasteiger partial charge is 0.341 e. The molecule has 0 amide bonds. The lowest BCUT2D eigenvalue weighted by molar-refractivity contribution is 0.0684. The molecule has 0 saturated heterocycles. The van der Waals surface area contributed by atoms with Gasteiger partial charge in [0.25, 0.3) is 11.1 Å². The number of nitrogens with zero attached hydrogens (tertiary/aromatic N) is 2. The Morgan fingerprint density at radius 2 is 1.19 bits per heavy atom. The molecule has 2 heterocycles.